The van der Waals surface area contributed by atoms with Crippen LogP contribution in [0.3, 0.4) is 0 Å². The summed E-state index contributed by atoms with van der Waals surface area (Å²) in [4.78, 5) is 6.27. The zero-order valence-electron chi connectivity index (χ0n) is 11.0. The van der Waals surface area contributed by atoms with Crippen LogP contribution in [0, 0.1) is 0 Å². The van der Waals surface area contributed by atoms with Crippen molar-refractivity contribution in [3.05, 3.63) is 30.1 Å². The van der Waals surface area contributed by atoms with E-state index in [0.29, 0.717) is 5.25 Å². The molecular weight excluding hydrogens is 230 g/mol. The van der Waals surface area contributed by atoms with Gasteiger partial charge in [0.25, 0.3) is 0 Å². The fraction of sp³-hybridized carbons (Fsp3) is 0.615. The van der Waals surface area contributed by atoms with Gasteiger partial charge in [0.05, 0.1) is 0 Å². The average Bonchev–Trinajstić information content (AvgIpc) is 2.34. The maximum absolute atomic E-state index is 6.21. The summed E-state index contributed by atoms with van der Waals surface area (Å²) < 4.78 is 0. The van der Waals surface area contributed by atoms with Gasteiger partial charge in [-0.3, -0.25) is 4.98 Å². The predicted octanol–water partition coefficient (Wildman–Crippen LogP) is 2.15. The molecule has 1 aromatic heterocycles. The fourth-order valence-electron chi connectivity index (χ4n) is 1.60. The first-order chi connectivity index (χ1) is 8.15. The second-order valence-electron chi connectivity index (χ2n) is 4.45. The molecule has 0 bridgehead atoms. The highest BCUT2D eigenvalue weighted by molar-refractivity contribution is 7.99. The van der Waals surface area contributed by atoms with Crippen LogP contribution in [0.4, 0.5) is 0 Å². The molecule has 0 spiro atoms. The highest BCUT2D eigenvalue weighted by Gasteiger charge is 2.18. The Morgan fingerprint density at radius 1 is 1.35 bits per heavy atom. The lowest BCUT2D eigenvalue weighted by atomic mass is 10.1. The summed E-state index contributed by atoms with van der Waals surface area (Å²) in [7, 11) is 4.20. The van der Waals surface area contributed by atoms with Gasteiger partial charge < -0.3 is 10.6 Å². The van der Waals surface area contributed by atoms with E-state index in [2.05, 4.69) is 43.0 Å². The standard InChI is InChI=1S/C13H23N3S/c1-4-12(14)13(17-10-9-16(2)3)11-5-7-15-8-6-11/h5-8,12-13H,4,9-10,14H2,1-3H3. The monoisotopic (exact) mass is 253 g/mol. The first kappa shape index (κ1) is 14.5. The molecule has 1 aromatic rings. The molecule has 4 heteroatoms. The number of rotatable bonds is 7. The third kappa shape index (κ3) is 5.06. The minimum Gasteiger partial charge on any atom is -0.326 e. The van der Waals surface area contributed by atoms with Gasteiger partial charge in [0, 0.05) is 36.0 Å². The maximum atomic E-state index is 6.21. The predicted molar refractivity (Wildman–Crippen MR) is 76.3 cm³/mol. The number of nitrogens with zero attached hydrogens (tertiary/aromatic N) is 2. The Bertz CT molecular complexity index is 303. The third-order valence-electron chi connectivity index (χ3n) is 2.73. The van der Waals surface area contributed by atoms with E-state index in [1.807, 2.05) is 24.2 Å². The van der Waals surface area contributed by atoms with Crippen LogP contribution in [0.5, 0.6) is 0 Å². The van der Waals surface area contributed by atoms with Gasteiger partial charge in [0.2, 0.25) is 0 Å². The molecule has 96 valence electrons. The number of aromatic nitrogens is 1. The molecule has 0 aliphatic carbocycles. The summed E-state index contributed by atoms with van der Waals surface area (Å²) in [6, 6.07) is 4.36. The second-order valence-corrected chi connectivity index (χ2v) is 5.70. The molecule has 0 amide bonds. The summed E-state index contributed by atoms with van der Waals surface area (Å²) >= 11 is 1.94. The first-order valence-electron chi connectivity index (χ1n) is 6.07. The van der Waals surface area contributed by atoms with E-state index < -0.39 is 0 Å². The van der Waals surface area contributed by atoms with Crippen molar-refractivity contribution in [2.45, 2.75) is 24.6 Å². The lowest BCUT2D eigenvalue weighted by Gasteiger charge is -2.23. The van der Waals surface area contributed by atoms with Crippen molar-refractivity contribution in [2.24, 2.45) is 5.73 Å². The van der Waals surface area contributed by atoms with E-state index >= 15 is 0 Å². The summed E-state index contributed by atoms with van der Waals surface area (Å²) in [5, 5.41) is 0.378. The van der Waals surface area contributed by atoms with Crippen LogP contribution in [-0.2, 0) is 0 Å². The minimum absolute atomic E-state index is 0.213. The third-order valence-corrected chi connectivity index (χ3v) is 4.13. The van der Waals surface area contributed by atoms with Crippen molar-refractivity contribution in [2.75, 3.05) is 26.4 Å². The van der Waals surface area contributed by atoms with Crippen molar-refractivity contribution < 1.29 is 0 Å². The molecule has 1 rings (SSSR count). The van der Waals surface area contributed by atoms with Crippen LogP contribution in [0.25, 0.3) is 0 Å². The molecular formula is C13H23N3S. The lowest BCUT2D eigenvalue weighted by molar-refractivity contribution is 0.437. The molecule has 0 radical (unpaired) electrons. The van der Waals surface area contributed by atoms with Crippen molar-refractivity contribution in [3.63, 3.8) is 0 Å². The molecule has 0 aliphatic rings. The quantitative estimate of drug-likeness (QED) is 0.808. The molecule has 3 nitrogen and oxygen atoms in total. The van der Waals surface area contributed by atoms with Crippen LogP contribution < -0.4 is 5.73 Å². The minimum atomic E-state index is 0.213. The number of hydrogen-bond acceptors (Lipinski definition) is 4. The highest BCUT2D eigenvalue weighted by Crippen LogP contribution is 2.31. The number of nitrogens with two attached hydrogens (primary N) is 1. The summed E-state index contributed by atoms with van der Waals surface area (Å²) in [5.41, 5.74) is 7.50. The molecule has 0 saturated carbocycles. The molecule has 2 atom stereocenters. The smallest absolute Gasteiger partial charge is 0.0449 e. The van der Waals surface area contributed by atoms with Gasteiger partial charge >= 0.3 is 0 Å². The van der Waals surface area contributed by atoms with Crippen molar-refractivity contribution in [1.29, 1.82) is 0 Å². The van der Waals surface area contributed by atoms with E-state index in [9.17, 15) is 0 Å². The Labute approximate surface area is 109 Å². The van der Waals surface area contributed by atoms with Gasteiger partial charge in [0.1, 0.15) is 0 Å². The molecule has 0 aliphatic heterocycles. The van der Waals surface area contributed by atoms with E-state index in [4.69, 9.17) is 5.73 Å². The Morgan fingerprint density at radius 2 is 2.00 bits per heavy atom. The normalized spacial score (nSPS) is 14.9. The lowest BCUT2D eigenvalue weighted by Crippen LogP contribution is -2.27. The zero-order valence-corrected chi connectivity index (χ0v) is 11.8. The van der Waals surface area contributed by atoms with Crippen LogP contribution in [0.2, 0.25) is 0 Å². The largest absolute Gasteiger partial charge is 0.326 e. The van der Waals surface area contributed by atoms with E-state index in [1.54, 1.807) is 0 Å². The molecule has 2 N–H and O–H groups in total. The molecule has 0 aromatic carbocycles. The summed E-state index contributed by atoms with van der Waals surface area (Å²) in [6.45, 7) is 3.23. The van der Waals surface area contributed by atoms with Crippen LogP contribution in [-0.4, -0.2) is 42.3 Å². The van der Waals surface area contributed by atoms with Gasteiger partial charge in [-0.15, -0.1) is 0 Å². The zero-order chi connectivity index (χ0) is 12.7. The topological polar surface area (TPSA) is 42.1 Å². The Morgan fingerprint density at radius 3 is 2.53 bits per heavy atom. The number of hydrogen-bond donors (Lipinski definition) is 1. The second kappa shape index (κ2) is 7.69. The van der Waals surface area contributed by atoms with Crippen molar-refractivity contribution in [3.8, 4) is 0 Å². The van der Waals surface area contributed by atoms with Gasteiger partial charge in [-0.05, 0) is 38.2 Å². The number of thioether (sulfide) groups is 1. The highest BCUT2D eigenvalue weighted by atomic mass is 32.2. The molecule has 2 unspecified atom stereocenters. The Balaban J connectivity index is 2.61. The van der Waals surface area contributed by atoms with E-state index in [0.717, 1.165) is 18.7 Å². The molecule has 17 heavy (non-hydrogen) atoms. The van der Waals surface area contributed by atoms with Gasteiger partial charge in [-0.1, -0.05) is 6.92 Å². The Hall–Kier alpha value is -0.580. The Kier molecular flexibility index (Phi) is 6.55. The van der Waals surface area contributed by atoms with Gasteiger partial charge in [-0.25, -0.2) is 0 Å². The fourth-order valence-corrected chi connectivity index (χ4v) is 3.11. The van der Waals surface area contributed by atoms with Crippen LogP contribution in [0.15, 0.2) is 24.5 Å². The van der Waals surface area contributed by atoms with E-state index in [1.165, 1.54) is 5.56 Å². The molecule has 1 heterocycles. The van der Waals surface area contributed by atoms with Crippen molar-refractivity contribution >= 4 is 11.8 Å². The van der Waals surface area contributed by atoms with Crippen LogP contribution >= 0.6 is 11.8 Å². The number of pyridine rings is 1. The SMILES string of the molecule is CCC(N)C(SCCN(C)C)c1ccncc1. The van der Waals surface area contributed by atoms with Gasteiger partial charge in [-0.2, -0.15) is 11.8 Å². The molecule has 0 saturated heterocycles. The first-order valence-corrected chi connectivity index (χ1v) is 7.11. The summed E-state index contributed by atoms with van der Waals surface area (Å²) in [6.07, 6.45) is 4.69. The maximum Gasteiger partial charge on any atom is 0.0449 e. The summed E-state index contributed by atoms with van der Waals surface area (Å²) in [5.74, 6) is 1.10. The molecule has 0 fully saturated rings. The average molecular weight is 253 g/mol. The van der Waals surface area contributed by atoms with Crippen molar-refractivity contribution in [1.82, 2.24) is 9.88 Å². The van der Waals surface area contributed by atoms with Crippen LogP contribution in [0.1, 0.15) is 24.2 Å². The van der Waals surface area contributed by atoms with Gasteiger partial charge in [0.15, 0.2) is 0 Å². The van der Waals surface area contributed by atoms with E-state index in [-0.39, 0.29) is 6.04 Å².